The maximum Gasteiger partial charge on any atom is 0.239 e. The van der Waals surface area contributed by atoms with E-state index < -0.39 is 6.04 Å². The highest BCUT2D eigenvalue weighted by molar-refractivity contribution is 5.87. The first-order valence-electron chi connectivity index (χ1n) is 6.88. The zero-order valence-corrected chi connectivity index (χ0v) is 13.0. The van der Waals surface area contributed by atoms with Gasteiger partial charge in [-0.25, -0.2) is 0 Å². The van der Waals surface area contributed by atoms with Gasteiger partial charge < -0.3 is 16.4 Å². The minimum Gasteiger partial charge on any atom is -0.354 e. The molecule has 0 fully saturated rings. The van der Waals surface area contributed by atoms with Gasteiger partial charge in [-0.2, -0.15) is 0 Å². The number of rotatable bonds is 7. The third kappa shape index (κ3) is 6.57. The molecule has 0 bridgehead atoms. The lowest BCUT2D eigenvalue weighted by Gasteiger charge is -2.29. The lowest BCUT2D eigenvalue weighted by atomic mass is 9.81. The van der Waals surface area contributed by atoms with E-state index in [4.69, 9.17) is 5.73 Å². The van der Waals surface area contributed by atoms with Crippen molar-refractivity contribution in [3.8, 4) is 0 Å². The molecule has 0 saturated heterocycles. The van der Waals surface area contributed by atoms with Crippen molar-refractivity contribution in [1.29, 1.82) is 0 Å². The average Bonchev–Trinajstić information content (AvgIpc) is 2.32. The molecule has 0 spiro atoms. The van der Waals surface area contributed by atoms with E-state index in [1.54, 1.807) is 0 Å². The normalized spacial score (nSPS) is 13.5. The molecule has 19 heavy (non-hydrogen) atoms. The molecule has 1 atom stereocenters. The zero-order chi connectivity index (χ0) is 15.2. The zero-order valence-electron chi connectivity index (χ0n) is 13.0. The largest absolute Gasteiger partial charge is 0.354 e. The molecule has 2 amide bonds. The monoisotopic (exact) mass is 271 g/mol. The van der Waals surface area contributed by atoms with Crippen LogP contribution >= 0.6 is 0 Å². The third-order valence-corrected chi connectivity index (χ3v) is 3.75. The van der Waals surface area contributed by atoms with Crippen molar-refractivity contribution in [2.45, 2.75) is 47.6 Å². The van der Waals surface area contributed by atoms with Crippen molar-refractivity contribution in [2.75, 3.05) is 13.1 Å². The molecular formula is C14H29N3O2. The Labute approximate surface area is 116 Å². The maximum atomic E-state index is 11.6. The molecule has 112 valence electrons. The standard InChI is InChI=1S/C14H29N3O2/c1-9(2)12(15)13(19)16-7-11(18)17-8-14(5,6)10(3)4/h9-10,12H,7-8,15H2,1-6H3,(H,16,19)(H,17,18)/t12-/m0/s1. The fourth-order valence-corrected chi connectivity index (χ4v) is 1.18. The Morgan fingerprint density at radius 2 is 1.63 bits per heavy atom. The number of carbonyl (C=O) groups is 2. The first-order valence-corrected chi connectivity index (χ1v) is 6.88. The lowest BCUT2D eigenvalue weighted by Crippen LogP contribution is -2.48. The Morgan fingerprint density at radius 3 is 2.05 bits per heavy atom. The highest BCUT2D eigenvalue weighted by Crippen LogP contribution is 2.24. The summed E-state index contributed by atoms with van der Waals surface area (Å²) in [6.07, 6.45) is 0. The van der Waals surface area contributed by atoms with Crippen LogP contribution in [0.3, 0.4) is 0 Å². The number of hydrogen-bond acceptors (Lipinski definition) is 3. The van der Waals surface area contributed by atoms with Crippen LogP contribution in [0.5, 0.6) is 0 Å². The number of nitrogens with one attached hydrogen (secondary N) is 2. The summed E-state index contributed by atoms with van der Waals surface area (Å²) in [5.41, 5.74) is 5.72. The van der Waals surface area contributed by atoms with Crippen molar-refractivity contribution in [3.63, 3.8) is 0 Å². The molecule has 0 aromatic heterocycles. The van der Waals surface area contributed by atoms with Gasteiger partial charge in [-0.1, -0.05) is 41.5 Å². The summed E-state index contributed by atoms with van der Waals surface area (Å²) in [5, 5.41) is 5.39. The highest BCUT2D eigenvalue weighted by Gasteiger charge is 2.23. The Morgan fingerprint density at radius 1 is 1.11 bits per heavy atom. The van der Waals surface area contributed by atoms with Crippen LogP contribution in [0.4, 0.5) is 0 Å². The molecule has 0 saturated carbocycles. The second-order valence-electron chi connectivity index (χ2n) is 6.41. The highest BCUT2D eigenvalue weighted by atomic mass is 16.2. The summed E-state index contributed by atoms with van der Waals surface area (Å²) in [5.74, 6) is 0.0611. The quantitative estimate of drug-likeness (QED) is 0.643. The van der Waals surface area contributed by atoms with E-state index >= 15 is 0 Å². The fourth-order valence-electron chi connectivity index (χ4n) is 1.18. The van der Waals surface area contributed by atoms with Crippen LogP contribution in [0.1, 0.15) is 41.5 Å². The minimum atomic E-state index is -0.570. The van der Waals surface area contributed by atoms with Gasteiger partial charge in [0.15, 0.2) is 0 Å². The molecule has 5 nitrogen and oxygen atoms in total. The smallest absolute Gasteiger partial charge is 0.239 e. The summed E-state index contributed by atoms with van der Waals surface area (Å²) in [6, 6.07) is -0.570. The second-order valence-corrected chi connectivity index (χ2v) is 6.41. The molecule has 0 aromatic carbocycles. The van der Waals surface area contributed by atoms with Crippen LogP contribution in [0.25, 0.3) is 0 Å². The SMILES string of the molecule is CC(C)[C@H](N)C(=O)NCC(=O)NCC(C)(C)C(C)C. The minimum absolute atomic E-state index is 0.0204. The Balaban J connectivity index is 4.05. The van der Waals surface area contributed by atoms with Gasteiger partial charge in [-0.05, 0) is 17.3 Å². The van der Waals surface area contributed by atoms with Crippen molar-refractivity contribution in [3.05, 3.63) is 0 Å². The van der Waals surface area contributed by atoms with Gasteiger partial charge in [-0.15, -0.1) is 0 Å². The topological polar surface area (TPSA) is 84.2 Å². The molecule has 0 aliphatic carbocycles. The Hall–Kier alpha value is -1.10. The predicted molar refractivity (Wildman–Crippen MR) is 77.5 cm³/mol. The van der Waals surface area contributed by atoms with E-state index in [9.17, 15) is 9.59 Å². The molecule has 0 aliphatic heterocycles. The van der Waals surface area contributed by atoms with Crippen LogP contribution in [0, 0.1) is 17.3 Å². The second kappa shape index (κ2) is 7.48. The van der Waals surface area contributed by atoms with E-state index in [1.165, 1.54) is 0 Å². The number of hydrogen-bond donors (Lipinski definition) is 3. The average molecular weight is 271 g/mol. The van der Waals surface area contributed by atoms with Crippen molar-refractivity contribution >= 4 is 11.8 Å². The van der Waals surface area contributed by atoms with E-state index in [0.29, 0.717) is 12.5 Å². The first kappa shape index (κ1) is 17.9. The molecule has 0 rings (SSSR count). The van der Waals surface area contributed by atoms with Gasteiger partial charge in [0.2, 0.25) is 11.8 Å². The van der Waals surface area contributed by atoms with Crippen molar-refractivity contribution < 1.29 is 9.59 Å². The number of nitrogens with two attached hydrogens (primary N) is 1. The molecule has 0 radical (unpaired) electrons. The lowest BCUT2D eigenvalue weighted by molar-refractivity contribution is -0.127. The molecule has 4 N–H and O–H groups in total. The summed E-state index contributed by atoms with van der Waals surface area (Å²) in [6.45, 7) is 12.8. The van der Waals surface area contributed by atoms with E-state index in [-0.39, 0.29) is 29.7 Å². The van der Waals surface area contributed by atoms with Gasteiger partial charge in [-0.3, -0.25) is 9.59 Å². The fraction of sp³-hybridized carbons (Fsp3) is 0.857. The molecular weight excluding hydrogens is 242 g/mol. The van der Waals surface area contributed by atoms with Crippen LogP contribution < -0.4 is 16.4 Å². The van der Waals surface area contributed by atoms with Crippen LogP contribution in [0.15, 0.2) is 0 Å². The molecule has 0 aliphatic rings. The summed E-state index contributed by atoms with van der Waals surface area (Å²) >= 11 is 0. The Kier molecular flexibility index (Phi) is 7.05. The number of carbonyl (C=O) groups excluding carboxylic acids is 2. The summed E-state index contributed by atoms with van der Waals surface area (Å²) < 4.78 is 0. The Bertz CT molecular complexity index is 312. The van der Waals surface area contributed by atoms with Gasteiger partial charge in [0.25, 0.3) is 0 Å². The van der Waals surface area contributed by atoms with Crippen LogP contribution in [-0.4, -0.2) is 30.9 Å². The van der Waals surface area contributed by atoms with E-state index in [2.05, 4.69) is 38.3 Å². The molecule has 0 aromatic rings. The van der Waals surface area contributed by atoms with Crippen LogP contribution in [0.2, 0.25) is 0 Å². The van der Waals surface area contributed by atoms with Gasteiger partial charge in [0, 0.05) is 6.54 Å². The third-order valence-electron chi connectivity index (χ3n) is 3.75. The van der Waals surface area contributed by atoms with Crippen molar-refractivity contribution in [1.82, 2.24) is 10.6 Å². The van der Waals surface area contributed by atoms with E-state index in [1.807, 2.05) is 13.8 Å². The van der Waals surface area contributed by atoms with Crippen LogP contribution in [-0.2, 0) is 9.59 Å². The summed E-state index contributed by atoms with van der Waals surface area (Å²) in [4.78, 5) is 23.2. The van der Waals surface area contributed by atoms with Gasteiger partial charge in [0.1, 0.15) is 0 Å². The summed E-state index contributed by atoms with van der Waals surface area (Å²) in [7, 11) is 0. The predicted octanol–water partition coefficient (Wildman–Crippen LogP) is 0.884. The van der Waals surface area contributed by atoms with Gasteiger partial charge >= 0.3 is 0 Å². The van der Waals surface area contributed by atoms with E-state index in [0.717, 1.165) is 0 Å². The molecule has 0 heterocycles. The molecule has 0 unspecified atom stereocenters. The number of amides is 2. The first-order chi connectivity index (χ1) is 8.58. The van der Waals surface area contributed by atoms with Gasteiger partial charge in [0.05, 0.1) is 12.6 Å². The maximum absolute atomic E-state index is 11.6. The van der Waals surface area contributed by atoms with Crippen molar-refractivity contribution in [2.24, 2.45) is 23.0 Å². The molecule has 5 heteroatoms.